The van der Waals surface area contributed by atoms with E-state index >= 15 is 0 Å². The van der Waals surface area contributed by atoms with Gasteiger partial charge in [-0.25, -0.2) is 0 Å². The summed E-state index contributed by atoms with van der Waals surface area (Å²) in [5.41, 5.74) is 5.50. The molecule has 3 rings (SSSR count). The molecular weight excluding hydrogens is 164 g/mol. The van der Waals surface area contributed by atoms with Crippen LogP contribution in [0.1, 0.15) is 37.4 Å². The molecule has 0 radical (unpaired) electrons. The van der Waals surface area contributed by atoms with Crippen LogP contribution in [0.15, 0.2) is 0 Å². The lowest BCUT2D eigenvalue weighted by molar-refractivity contribution is 0.510. The molecule has 1 aromatic rings. The molecule has 0 aliphatic heterocycles. The van der Waals surface area contributed by atoms with Crippen molar-refractivity contribution in [2.24, 2.45) is 11.8 Å². The van der Waals surface area contributed by atoms with Gasteiger partial charge in [0, 0.05) is 5.92 Å². The van der Waals surface area contributed by atoms with E-state index in [4.69, 9.17) is 5.73 Å². The molecule has 0 unspecified atom stereocenters. The summed E-state index contributed by atoms with van der Waals surface area (Å²) in [5.74, 6) is 3.77. The number of nitrogens with one attached hydrogen (secondary N) is 1. The number of hydrogen-bond donors (Lipinski definition) is 2. The summed E-state index contributed by atoms with van der Waals surface area (Å²) < 4.78 is 0. The summed E-state index contributed by atoms with van der Waals surface area (Å²) in [7, 11) is 0. The molecule has 2 aliphatic carbocycles. The molecule has 0 atom stereocenters. The van der Waals surface area contributed by atoms with Gasteiger partial charge in [-0.1, -0.05) is 0 Å². The summed E-state index contributed by atoms with van der Waals surface area (Å²) in [6.07, 6.45) is 5.45. The second kappa shape index (κ2) is 2.47. The maximum atomic E-state index is 5.50. The van der Waals surface area contributed by atoms with Gasteiger partial charge in [-0.15, -0.1) is 5.10 Å². The Morgan fingerprint density at radius 3 is 2.23 bits per heavy atom. The highest BCUT2D eigenvalue weighted by atomic mass is 15.3. The second-order valence-corrected chi connectivity index (χ2v) is 4.28. The quantitative estimate of drug-likeness (QED) is 0.732. The lowest BCUT2D eigenvalue weighted by Crippen LogP contribution is -2.06. The van der Waals surface area contributed by atoms with Crippen molar-refractivity contribution in [3.63, 3.8) is 0 Å². The third-order valence-corrected chi connectivity index (χ3v) is 3.10. The van der Waals surface area contributed by atoms with Gasteiger partial charge in [0.2, 0.25) is 5.95 Å². The third kappa shape index (κ3) is 1.30. The number of nitrogen functional groups attached to an aromatic ring is 1. The Bertz CT molecular complexity index is 299. The lowest BCUT2D eigenvalue weighted by Gasteiger charge is -2.10. The van der Waals surface area contributed by atoms with Gasteiger partial charge in [-0.2, -0.15) is 4.98 Å². The fraction of sp³-hybridized carbons (Fsp3) is 0.778. The van der Waals surface area contributed by atoms with Crippen molar-refractivity contribution in [3.05, 3.63) is 5.82 Å². The minimum atomic E-state index is 0.390. The van der Waals surface area contributed by atoms with Crippen LogP contribution in [-0.4, -0.2) is 15.2 Å². The van der Waals surface area contributed by atoms with E-state index in [0.29, 0.717) is 11.9 Å². The van der Waals surface area contributed by atoms with E-state index in [0.717, 1.165) is 17.7 Å². The van der Waals surface area contributed by atoms with Crippen LogP contribution < -0.4 is 5.73 Å². The van der Waals surface area contributed by atoms with E-state index in [2.05, 4.69) is 15.2 Å². The molecule has 1 aromatic heterocycles. The van der Waals surface area contributed by atoms with E-state index in [-0.39, 0.29) is 0 Å². The minimum absolute atomic E-state index is 0.390. The predicted octanol–water partition coefficient (Wildman–Crippen LogP) is 1.29. The van der Waals surface area contributed by atoms with Crippen LogP contribution in [0, 0.1) is 11.8 Å². The molecule has 4 nitrogen and oxygen atoms in total. The highest BCUT2D eigenvalue weighted by molar-refractivity contribution is 5.18. The lowest BCUT2D eigenvalue weighted by atomic mass is 9.97. The standard InChI is InChI=1S/C9H14N4/c10-9-11-8(12-13-9)7(5-1-2-5)6-3-4-6/h5-7H,1-4H2,(H3,10,11,12,13). The largest absolute Gasteiger partial charge is 0.367 e. The van der Waals surface area contributed by atoms with Crippen molar-refractivity contribution in [1.29, 1.82) is 0 Å². The first-order chi connectivity index (χ1) is 6.34. The Labute approximate surface area is 76.9 Å². The van der Waals surface area contributed by atoms with Gasteiger partial charge in [0.05, 0.1) is 0 Å². The van der Waals surface area contributed by atoms with E-state index in [1.54, 1.807) is 0 Å². The number of anilines is 1. The average Bonchev–Trinajstić information content (AvgIpc) is 2.95. The fourth-order valence-corrected chi connectivity index (χ4v) is 2.18. The van der Waals surface area contributed by atoms with Crippen LogP contribution in [0.4, 0.5) is 5.95 Å². The summed E-state index contributed by atoms with van der Waals surface area (Å²) in [6, 6.07) is 0. The molecule has 0 amide bonds. The molecule has 0 bridgehead atoms. The number of nitrogens with zero attached hydrogens (tertiary/aromatic N) is 2. The van der Waals surface area contributed by atoms with Gasteiger partial charge >= 0.3 is 0 Å². The Morgan fingerprint density at radius 1 is 1.23 bits per heavy atom. The fourth-order valence-electron chi connectivity index (χ4n) is 2.18. The number of nitrogens with two attached hydrogens (primary N) is 1. The van der Waals surface area contributed by atoms with Crippen LogP contribution in [0.3, 0.4) is 0 Å². The van der Waals surface area contributed by atoms with Crippen LogP contribution in [0.25, 0.3) is 0 Å². The zero-order valence-corrected chi connectivity index (χ0v) is 7.53. The molecule has 13 heavy (non-hydrogen) atoms. The monoisotopic (exact) mass is 178 g/mol. The second-order valence-electron chi connectivity index (χ2n) is 4.28. The average molecular weight is 178 g/mol. The van der Waals surface area contributed by atoms with Crippen molar-refractivity contribution in [3.8, 4) is 0 Å². The Morgan fingerprint density at radius 2 is 1.85 bits per heavy atom. The maximum Gasteiger partial charge on any atom is 0.239 e. The third-order valence-electron chi connectivity index (χ3n) is 3.10. The Kier molecular flexibility index (Phi) is 1.39. The molecule has 70 valence electrons. The number of aromatic amines is 1. The van der Waals surface area contributed by atoms with Crippen LogP contribution >= 0.6 is 0 Å². The van der Waals surface area contributed by atoms with E-state index < -0.39 is 0 Å². The van der Waals surface area contributed by atoms with Gasteiger partial charge in [-0.05, 0) is 37.5 Å². The van der Waals surface area contributed by atoms with Gasteiger partial charge in [0.15, 0.2) is 0 Å². The van der Waals surface area contributed by atoms with Crippen molar-refractivity contribution < 1.29 is 0 Å². The summed E-state index contributed by atoms with van der Waals surface area (Å²) in [5, 5.41) is 6.86. The number of rotatable bonds is 3. The smallest absolute Gasteiger partial charge is 0.239 e. The molecule has 2 aliphatic rings. The number of hydrogen-bond acceptors (Lipinski definition) is 3. The van der Waals surface area contributed by atoms with E-state index in [1.165, 1.54) is 25.7 Å². The molecule has 2 saturated carbocycles. The minimum Gasteiger partial charge on any atom is -0.367 e. The maximum absolute atomic E-state index is 5.50. The van der Waals surface area contributed by atoms with E-state index in [1.807, 2.05) is 0 Å². The topological polar surface area (TPSA) is 67.6 Å². The molecule has 3 N–H and O–H groups in total. The molecule has 0 aromatic carbocycles. The Balaban J connectivity index is 1.86. The van der Waals surface area contributed by atoms with Gasteiger partial charge in [0.25, 0.3) is 0 Å². The van der Waals surface area contributed by atoms with Crippen LogP contribution in [0.5, 0.6) is 0 Å². The molecule has 0 spiro atoms. The summed E-state index contributed by atoms with van der Waals surface area (Å²) in [6.45, 7) is 0. The SMILES string of the molecule is Nc1n[nH]c(C(C2CC2)C2CC2)n1. The highest BCUT2D eigenvalue weighted by Gasteiger charge is 2.43. The molecule has 0 saturated heterocycles. The van der Waals surface area contributed by atoms with Crippen LogP contribution in [0.2, 0.25) is 0 Å². The molecule has 1 heterocycles. The summed E-state index contributed by atoms with van der Waals surface area (Å²) in [4.78, 5) is 4.24. The number of H-pyrrole nitrogens is 1. The highest BCUT2D eigenvalue weighted by Crippen LogP contribution is 2.53. The van der Waals surface area contributed by atoms with Crippen molar-refractivity contribution in [2.75, 3.05) is 5.73 Å². The molecular formula is C9H14N4. The first-order valence-corrected chi connectivity index (χ1v) is 5.02. The van der Waals surface area contributed by atoms with Gasteiger partial charge in [0.1, 0.15) is 5.82 Å². The first kappa shape index (κ1) is 7.35. The zero-order chi connectivity index (χ0) is 8.84. The van der Waals surface area contributed by atoms with Crippen molar-refractivity contribution in [1.82, 2.24) is 15.2 Å². The van der Waals surface area contributed by atoms with Crippen molar-refractivity contribution in [2.45, 2.75) is 31.6 Å². The van der Waals surface area contributed by atoms with Gasteiger partial charge < -0.3 is 5.73 Å². The van der Waals surface area contributed by atoms with Gasteiger partial charge in [-0.3, -0.25) is 5.10 Å². The normalized spacial score (nSPS) is 22.5. The molecule has 2 fully saturated rings. The summed E-state index contributed by atoms with van der Waals surface area (Å²) >= 11 is 0. The van der Waals surface area contributed by atoms with E-state index in [9.17, 15) is 0 Å². The first-order valence-electron chi connectivity index (χ1n) is 5.02. The number of aromatic nitrogens is 3. The predicted molar refractivity (Wildman–Crippen MR) is 49.0 cm³/mol. The zero-order valence-electron chi connectivity index (χ0n) is 7.53. The Hall–Kier alpha value is -1.06. The van der Waals surface area contributed by atoms with Crippen molar-refractivity contribution >= 4 is 5.95 Å². The molecule has 4 heteroatoms. The van der Waals surface area contributed by atoms with Crippen LogP contribution in [-0.2, 0) is 0 Å².